The summed E-state index contributed by atoms with van der Waals surface area (Å²) in [6.07, 6.45) is 5.46. The highest BCUT2D eigenvalue weighted by atomic mass is 32.2. The van der Waals surface area contributed by atoms with Crippen molar-refractivity contribution >= 4 is 27.1 Å². The summed E-state index contributed by atoms with van der Waals surface area (Å²) in [6.45, 7) is 5.23. The van der Waals surface area contributed by atoms with E-state index in [9.17, 15) is 13.2 Å². The SMILES string of the molecule is CC[C@@H]1CCc2sc(C(=O)N3CCN([C@H]4CCS(=O)(=O)C4)CC3)cc2C1. The average molecular weight is 397 g/mol. The average Bonchev–Trinajstić information content (AvgIpc) is 3.23. The van der Waals surface area contributed by atoms with Gasteiger partial charge in [0.2, 0.25) is 0 Å². The second-order valence-electron chi connectivity index (χ2n) is 7.96. The second kappa shape index (κ2) is 7.24. The van der Waals surface area contributed by atoms with Gasteiger partial charge in [-0.25, -0.2) is 8.42 Å². The van der Waals surface area contributed by atoms with E-state index in [4.69, 9.17) is 0 Å². The molecule has 2 atom stereocenters. The molecule has 1 aromatic heterocycles. The number of fused-ring (bicyclic) bond motifs is 1. The number of aryl methyl sites for hydroxylation is 1. The number of thiophene rings is 1. The quantitative estimate of drug-likeness (QED) is 0.786. The maximum absolute atomic E-state index is 12.9. The van der Waals surface area contributed by atoms with Crippen LogP contribution in [-0.4, -0.2) is 67.9 Å². The molecule has 2 aliphatic heterocycles. The third kappa shape index (κ3) is 3.71. The van der Waals surface area contributed by atoms with E-state index >= 15 is 0 Å². The van der Waals surface area contributed by atoms with E-state index in [1.807, 2.05) is 4.90 Å². The molecule has 2 fully saturated rings. The van der Waals surface area contributed by atoms with Crippen LogP contribution in [0.1, 0.15) is 46.3 Å². The lowest BCUT2D eigenvalue weighted by Crippen LogP contribution is -2.52. The van der Waals surface area contributed by atoms with Crippen molar-refractivity contribution in [3.63, 3.8) is 0 Å². The number of hydrogen-bond acceptors (Lipinski definition) is 5. The molecular weight excluding hydrogens is 368 g/mol. The molecule has 3 aliphatic rings. The lowest BCUT2D eigenvalue weighted by atomic mass is 9.87. The summed E-state index contributed by atoms with van der Waals surface area (Å²) in [4.78, 5) is 19.4. The normalized spacial score (nSPS) is 28.9. The zero-order chi connectivity index (χ0) is 18.3. The number of nitrogens with zero attached hydrogens (tertiary/aromatic N) is 2. The monoisotopic (exact) mass is 396 g/mol. The standard InChI is InChI=1S/C19H28N2O3S2/c1-2-14-3-4-17-15(11-14)12-18(25-17)19(22)21-8-6-20(7-9-21)16-5-10-26(23,24)13-16/h12,14,16H,2-11,13H2,1H3/t14-,16+/m1/s1. The first-order chi connectivity index (χ1) is 12.4. The van der Waals surface area contributed by atoms with Crippen molar-refractivity contribution in [3.8, 4) is 0 Å². The first-order valence-corrected chi connectivity index (χ1v) is 12.4. The summed E-state index contributed by atoms with van der Waals surface area (Å²) >= 11 is 1.69. The fourth-order valence-corrected chi connectivity index (χ4v) is 7.50. The zero-order valence-corrected chi connectivity index (χ0v) is 17.1. The topological polar surface area (TPSA) is 57.7 Å². The van der Waals surface area contributed by atoms with Gasteiger partial charge in [0.25, 0.3) is 5.91 Å². The Morgan fingerprint density at radius 1 is 1.23 bits per heavy atom. The Morgan fingerprint density at radius 3 is 2.65 bits per heavy atom. The zero-order valence-electron chi connectivity index (χ0n) is 15.4. The summed E-state index contributed by atoms with van der Waals surface area (Å²) in [6, 6.07) is 2.29. The van der Waals surface area contributed by atoms with Gasteiger partial charge in [0.1, 0.15) is 0 Å². The highest BCUT2D eigenvalue weighted by molar-refractivity contribution is 7.91. The van der Waals surface area contributed by atoms with Crippen LogP contribution in [0, 0.1) is 5.92 Å². The van der Waals surface area contributed by atoms with Gasteiger partial charge in [0.15, 0.2) is 9.84 Å². The van der Waals surface area contributed by atoms with Crippen LogP contribution in [0.5, 0.6) is 0 Å². The Morgan fingerprint density at radius 2 is 2.00 bits per heavy atom. The first kappa shape index (κ1) is 18.4. The molecule has 0 unspecified atom stereocenters. The molecule has 0 radical (unpaired) electrons. The van der Waals surface area contributed by atoms with Crippen molar-refractivity contribution in [2.24, 2.45) is 5.92 Å². The predicted molar refractivity (Wildman–Crippen MR) is 105 cm³/mol. The largest absolute Gasteiger partial charge is 0.335 e. The van der Waals surface area contributed by atoms with Crippen LogP contribution in [-0.2, 0) is 22.7 Å². The molecule has 0 spiro atoms. The molecular formula is C19H28N2O3S2. The lowest BCUT2D eigenvalue weighted by Gasteiger charge is -2.37. The first-order valence-electron chi connectivity index (χ1n) is 9.80. The molecule has 26 heavy (non-hydrogen) atoms. The fourth-order valence-electron chi connectivity index (χ4n) is 4.56. The van der Waals surface area contributed by atoms with Crippen molar-refractivity contribution in [1.82, 2.24) is 9.80 Å². The van der Waals surface area contributed by atoms with Crippen LogP contribution in [0.15, 0.2) is 6.07 Å². The van der Waals surface area contributed by atoms with Crippen LogP contribution in [0.25, 0.3) is 0 Å². The molecule has 7 heteroatoms. The minimum absolute atomic E-state index is 0.150. The van der Waals surface area contributed by atoms with Gasteiger partial charge in [0.05, 0.1) is 16.4 Å². The van der Waals surface area contributed by atoms with Gasteiger partial charge in [-0.05, 0) is 43.2 Å². The third-order valence-corrected chi connectivity index (χ3v) is 9.27. The van der Waals surface area contributed by atoms with E-state index in [0.717, 1.165) is 43.1 Å². The van der Waals surface area contributed by atoms with Crippen molar-refractivity contribution in [2.75, 3.05) is 37.7 Å². The Balaban J connectivity index is 1.36. The van der Waals surface area contributed by atoms with E-state index in [2.05, 4.69) is 17.9 Å². The molecule has 2 saturated heterocycles. The van der Waals surface area contributed by atoms with Gasteiger partial charge in [-0.2, -0.15) is 0 Å². The Bertz CT molecular complexity index is 779. The van der Waals surface area contributed by atoms with Crippen LogP contribution in [0.3, 0.4) is 0 Å². The second-order valence-corrected chi connectivity index (χ2v) is 11.3. The number of amides is 1. The van der Waals surface area contributed by atoms with Crippen molar-refractivity contribution < 1.29 is 13.2 Å². The van der Waals surface area contributed by atoms with Gasteiger partial charge in [-0.1, -0.05) is 13.3 Å². The highest BCUT2D eigenvalue weighted by Crippen LogP contribution is 2.34. The number of hydrogen-bond donors (Lipinski definition) is 0. The van der Waals surface area contributed by atoms with E-state index in [0.29, 0.717) is 18.8 Å². The lowest BCUT2D eigenvalue weighted by molar-refractivity contribution is 0.0592. The predicted octanol–water partition coefficient (Wildman–Crippen LogP) is 2.21. The molecule has 0 saturated carbocycles. The minimum Gasteiger partial charge on any atom is -0.335 e. The number of rotatable bonds is 3. The summed E-state index contributed by atoms with van der Waals surface area (Å²) in [7, 11) is -2.85. The van der Waals surface area contributed by atoms with E-state index in [-0.39, 0.29) is 17.7 Å². The summed E-state index contributed by atoms with van der Waals surface area (Å²) in [5, 5.41) is 0. The maximum Gasteiger partial charge on any atom is 0.264 e. The number of carbonyl (C=O) groups is 1. The molecule has 1 aliphatic carbocycles. The van der Waals surface area contributed by atoms with Gasteiger partial charge in [-0.3, -0.25) is 9.69 Å². The molecule has 0 bridgehead atoms. The molecule has 1 aromatic rings. The van der Waals surface area contributed by atoms with Crippen molar-refractivity contribution in [2.45, 2.75) is 45.1 Å². The molecule has 5 nitrogen and oxygen atoms in total. The molecule has 4 rings (SSSR count). The van der Waals surface area contributed by atoms with Gasteiger partial charge >= 0.3 is 0 Å². The molecule has 0 N–H and O–H groups in total. The minimum atomic E-state index is -2.85. The summed E-state index contributed by atoms with van der Waals surface area (Å²) in [5.74, 6) is 1.54. The van der Waals surface area contributed by atoms with Crippen LogP contribution in [0.2, 0.25) is 0 Å². The highest BCUT2D eigenvalue weighted by Gasteiger charge is 2.34. The van der Waals surface area contributed by atoms with E-state index in [1.54, 1.807) is 11.3 Å². The van der Waals surface area contributed by atoms with Gasteiger partial charge in [0, 0.05) is 37.1 Å². The number of sulfone groups is 1. The number of piperazine rings is 1. The van der Waals surface area contributed by atoms with Crippen LogP contribution >= 0.6 is 11.3 Å². The van der Waals surface area contributed by atoms with E-state index in [1.165, 1.54) is 23.3 Å². The molecule has 1 amide bonds. The van der Waals surface area contributed by atoms with E-state index < -0.39 is 9.84 Å². The smallest absolute Gasteiger partial charge is 0.264 e. The van der Waals surface area contributed by atoms with Gasteiger partial charge < -0.3 is 4.90 Å². The fraction of sp³-hybridized carbons (Fsp3) is 0.737. The molecule has 0 aromatic carbocycles. The Hall–Kier alpha value is -0.920. The van der Waals surface area contributed by atoms with Crippen molar-refractivity contribution in [1.29, 1.82) is 0 Å². The number of carbonyl (C=O) groups excluding carboxylic acids is 1. The maximum atomic E-state index is 12.9. The Kier molecular flexibility index (Phi) is 5.14. The molecule has 3 heterocycles. The van der Waals surface area contributed by atoms with Gasteiger partial charge in [-0.15, -0.1) is 11.3 Å². The summed E-state index contributed by atoms with van der Waals surface area (Å²) in [5.41, 5.74) is 1.39. The van der Waals surface area contributed by atoms with Crippen molar-refractivity contribution in [3.05, 3.63) is 21.4 Å². The van der Waals surface area contributed by atoms with Crippen LogP contribution in [0.4, 0.5) is 0 Å². The Labute approximate surface area is 160 Å². The van der Waals surface area contributed by atoms with Crippen LogP contribution < -0.4 is 0 Å². The summed E-state index contributed by atoms with van der Waals surface area (Å²) < 4.78 is 23.4. The third-order valence-electron chi connectivity index (χ3n) is 6.30. The molecule has 144 valence electrons.